The summed E-state index contributed by atoms with van der Waals surface area (Å²) in [4.78, 5) is 0. The molecule has 26 heavy (non-hydrogen) atoms. The maximum absolute atomic E-state index is 13.1. The molecule has 12 heteroatoms. The molecule has 3 nitrogen and oxygen atoms in total. The van der Waals surface area contributed by atoms with Crippen molar-refractivity contribution in [1.29, 1.82) is 5.26 Å². The van der Waals surface area contributed by atoms with Gasteiger partial charge in [0.15, 0.2) is 5.69 Å². The van der Waals surface area contributed by atoms with E-state index in [1.807, 2.05) is 0 Å². The minimum atomic E-state index is -5.28. The van der Waals surface area contributed by atoms with Gasteiger partial charge in [0.05, 0.1) is 15.6 Å². The molecule has 0 bridgehead atoms. The molecule has 0 atom stereocenters. The first-order valence-electron chi connectivity index (χ1n) is 6.35. The minimum Gasteiger partial charge on any atom is -0.236 e. The van der Waals surface area contributed by atoms with Crippen molar-refractivity contribution in [2.45, 2.75) is 12.4 Å². The average Bonchev–Trinajstić information content (AvgIpc) is 2.87. The number of nitriles is 1. The fourth-order valence-corrected chi connectivity index (χ4v) is 2.52. The van der Waals surface area contributed by atoms with Gasteiger partial charge in [-0.3, -0.25) is 0 Å². The second-order valence-corrected chi connectivity index (χ2v) is 5.58. The fourth-order valence-electron chi connectivity index (χ4n) is 1.86. The van der Waals surface area contributed by atoms with Crippen molar-refractivity contribution in [3.8, 4) is 11.8 Å². The van der Waals surface area contributed by atoms with E-state index in [-0.39, 0.29) is 11.8 Å². The third kappa shape index (κ3) is 4.11. The third-order valence-corrected chi connectivity index (χ3v) is 3.55. The van der Waals surface area contributed by atoms with E-state index in [0.29, 0.717) is 16.8 Å². The van der Waals surface area contributed by atoms with Crippen molar-refractivity contribution in [2.75, 3.05) is 0 Å². The zero-order chi connectivity index (χ0) is 19.9. The van der Waals surface area contributed by atoms with Crippen LogP contribution >= 0.6 is 23.2 Å². The molecular weight excluding hydrogens is 414 g/mol. The number of alkyl halides is 6. The highest BCUT2D eigenvalue weighted by Gasteiger charge is 2.35. The smallest absolute Gasteiger partial charge is 0.236 e. The number of hydrogen-bond donors (Lipinski definition) is 0. The molecule has 138 valence electrons. The van der Waals surface area contributed by atoms with E-state index in [0.717, 1.165) is 6.20 Å². The zero-order valence-electron chi connectivity index (χ0n) is 12.1. The minimum absolute atomic E-state index is 0.0218. The second-order valence-electron chi connectivity index (χ2n) is 4.77. The molecule has 0 radical (unpaired) electrons. The number of aromatic nitrogens is 2. The summed E-state index contributed by atoms with van der Waals surface area (Å²) in [7, 11) is 0. The molecule has 0 aliphatic carbocycles. The highest BCUT2D eigenvalue weighted by molar-refractivity contribution is 6.37. The van der Waals surface area contributed by atoms with Crippen molar-refractivity contribution in [1.82, 2.24) is 9.78 Å². The number of allylic oxidation sites excluding steroid dienone is 1. The third-order valence-electron chi connectivity index (χ3n) is 2.97. The molecule has 1 aromatic carbocycles. The predicted octanol–water partition coefficient (Wildman–Crippen LogP) is 5.94. The van der Waals surface area contributed by atoms with E-state index in [4.69, 9.17) is 28.5 Å². The molecule has 1 aromatic heterocycles. The van der Waals surface area contributed by atoms with E-state index in [2.05, 4.69) is 5.10 Å². The van der Waals surface area contributed by atoms with Crippen LogP contribution in [0.5, 0.6) is 0 Å². The second kappa shape index (κ2) is 6.81. The molecule has 0 spiro atoms. The molecule has 0 aliphatic heterocycles. The Morgan fingerprint density at radius 2 is 1.65 bits per heavy atom. The standard InChI is InChI=1S/C14H4Cl2F7N3/c15-8-2-7(13(18,19)20)3-9(16)12(8)26-5-6(10(4-24)25-26)1-11(17)14(21,22)23/h1-3,5H/b11-1-. The van der Waals surface area contributed by atoms with Crippen LogP contribution in [0.25, 0.3) is 11.8 Å². The quantitative estimate of drug-likeness (QED) is 0.567. The van der Waals surface area contributed by atoms with E-state index in [1.54, 1.807) is 0 Å². The van der Waals surface area contributed by atoms with Crippen LogP contribution in [0.15, 0.2) is 24.2 Å². The van der Waals surface area contributed by atoms with E-state index in [9.17, 15) is 30.7 Å². The maximum Gasteiger partial charge on any atom is 0.442 e. The molecule has 0 fully saturated rings. The van der Waals surface area contributed by atoms with Gasteiger partial charge < -0.3 is 0 Å². The molecule has 0 amide bonds. The molecule has 0 unspecified atom stereocenters. The summed E-state index contributed by atoms with van der Waals surface area (Å²) in [6.45, 7) is 0. The Morgan fingerprint density at radius 1 is 1.12 bits per heavy atom. The summed E-state index contributed by atoms with van der Waals surface area (Å²) in [5.41, 5.74) is -2.65. The SMILES string of the molecule is N#Cc1nn(-c2c(Cl)cc(C(F)(F)F)cc2Cl)cc1/C=C(\F)C(F)(F)F. The Kier molecular flexibility index (Phi) is 5.26. The van der Waals surface area contributed by atoms with E-state index >= 15 is 0 Å². The molecular formula is C14H4Cl2F7N3. The average molecular weight is 418 g/mol. The first-order valence-corrected chi connectivity index (χ1v) is 7.11. The predicted molar refractivity (Wildman–Crippen MR) is 78.4 cm³/mol. The first-order chi connectivity index (χ1) is 11.8. The van der Waals surface area contributed by atoms with Gasteiger partial charge >= 0.3 is 12.4 Å². The highest BCUT2D eigenvalue weighted by atomic mass is 35.5. The van der Waals surface area contributed by atoms with Gasteiger partial charge in [-0.1, -0.05) is 23.2 Å². The van der Waals surface area contributed by atoms with Crippen molar-refractivity contribution >= 4 is 29.3 Å². The van der Waals surface area contributed by atoms with Gasteiger partial charge in [0.25, 0.3) is 0 Å². The number of hydrogen-bond acceptors (Lipinski definition) is 2. The molecule has 0 aliphatic rings. The van der Waals surface area contributed by atoms with Crippen LogP contribution in [0, 0.1) is 11.3 Å². The van der Waals surface area contributed by atoms with Gasteiger partial charge in [-0.15, -0.1) is 0 Å². The lowest BCUT2D eigenvalue weighted by Crippen LogP contribution is -2.07. The Balaban J connectivity index is 2.60. The summed E-state index contributed by atoms with van der Waals surface area (Å²) < 4.78 is 88.8. The lowest BCUT2D eigenvalue weighted by atomic mass is 10.2. The zero-order valence-corrected chi connectivity index (χ0v) is 13.6. The first kappa shape index (κ1) is 20.1. The van der Waals surface area contributed by atoms with Crippen LogP contribution < -0.4 is 0 Å². The van der Waals surface area contributed by atoms with Crippen LogP contribution in [-0.4, -0.2) is 16.0 Å². The Labute approximate surface area is 150 Å². The molecule has 0 N–H and O–H groups in total. The summed E-state index contributed by atoms with van der Waals surface area (Å²) in [5.74, 6) is -2.49. The summed E-state index contributed by atoms with van der Waals surface area (Å²) in [5, 5.41) is 11.4. The van der Waals surface area contributed by atoms with Gasteiger partial charge in [-0.25, -0.2) is 9.07 Å². The summed E-state index contributed by atoms with van der Waals surface area (Å²) >= 11 is 11.5. The largest absolute Gasteiger partial charge is 0.442 e. The van der Waals surface area contributed by atoms with E-state index < -0.39 is 45.0 Å². The molecule has 0 saturated carbocycles. The Bertz CT molecular complexity index is 897. The van der Waals surface area contributed by atoms with Crippen molar-refractivity contribution in [2.24, 2.45) is 0 Å². The summed E-state index contributed by atoms with van der Waals surface area (Å²) in [6, 6.07) is 2.50. The topological polar surface area (TPSA) is 41.6 Å². The fraction of sp³-hybridized carbons (Fsp3) is 0.143. The number of halogens is 9. The Hall–Kier alpha value is -2.25. The van der Waals surface area contributed by atoms with Crippen LogP contribution in [-0.2, 0) is 6.18 Å². The van der Waals surface area contributed by atoms with Crippen molar-refractivity contribution in [3.63, 3.8) is 0 Å². The molecule has 1 heterocycles. The van der Waals surface area contributed by atoms with Crippen LogP contribution in [0.1, 0.15) is 16.8 Å². The van der Waals surface area contributed by atoms with Gasteiger partial charge in [0, 0.05) is 11.8 Å². The van der Waals surface area contributed by atoms with Crippen LogP contribution in [0.2, 0.25) is 10.0 Å². The molecule has 2 aromatic rings. The van der Waals surface area contributed by atoms with Gasteiger partial charge in [-0.2, -0.15) is 36.7 Å². The van der Waals surface area contributed by atoms with E-state index in [1.165, 1.54) is 6.07 Å². The van der Waals surface area contributed by atoms with Crippen molar-refractivity contribution in [3.05, 3.63) is 51.0 Å². The normalized spacial score (nSPS) is 13.0. The van der Waals surface area contributed by atoms with Crippen LogP contribution in [0.3, 0.4) is 0 Å². The lowest BCUT2D eigenvalue weighted by Gasteiger charge is -2.12. The molecule has 2 rings (SSSR count). The van der Waals surface area contributed by atoms with Crippen LogP contribution in [0.4, 0.5) is 30.7 Å². The lowest BCUT2D eigenvalue weighted by molar-refractivity contribution is -0.137. The van der Waals surface area contributed by atoms with Gasteiger partial charge in [-0.05, 0) is 18.2 Å². The number of benzene rings is 1. The number of rotatable bonds is 2. The number of nitrogens with zero attached hydrogens (tertiary/aromatic N) is 3. The molecule has 0 saturated heterocycles. The van der Waals surface area contributed by atoms with Crippen molar-refractivity contribution < 1.29 is 30.7 Å². The Morgan fingerprint density at radius 3 is 2.08 bits per heavy atom. The summed E-state index contributed by atoms with van der Waals surface area (Å²) in [6.07, 6.45) is -9.21. The monoisotopic (exact) mass is 417 g/mol. The maximum atomic E-state index is 13.1. The highest BCUT2D eigenvalue weighted by Crippen LogP contribution is 2.38. The van der Waals surface area contributed by atoms with Gasteiger partial charge in [0.1, 0.15) is 11.8 Å². The van der Waals surface area contributed by atoms with Gasteiger partial charge in [0.2, 0.25) is 5.83 Å².